The van der Waals surface area contributed by atoms with Crippen molar-refractivity contribution in [1.29, 1.82) is 0 Å². The molecule has 0 aliphatic carbocycles. The van der Waals surface area contributed by atoms with E-state index in [1.165, 1.54) is 0 Å². The first-order valence-corrected chi connectivity index (χ1v) is 7.44. The van der Waals surface area contributed by atoms with Gasteiger partial charge in [0.25, 0.3) is 0 Å². The average Bonchev–Trinajstić information content (AvgIpc) is 2.95. The summed E-state index contributed by atoms with van der Waals surface area (Å²) >= 11 is 1.62. The fourth-order valence-corrected chi connectivity index (χ4v) is 2.88. The van der Waals surface area contributed by atoms with Crippen molar-refractivity contribution < 1.29 is 9.59 Å². The van der Waals surface area contributed by atoms with Gasteiger partial charge in [-0.3, -0.25) is 9.59 Å². The fourth-order valence-electron chi connectivity index (χ4n) is 2.23. The van der Waals surface area contributed by atoms with Gasteiger partial charge in [-0.1, -0.05) is 0 Å². The highest BCUT2D eigenvalue weighted by Crippen LogP contribution is 2.17. The van der Waals surface area contributed by atoms with E-state index in [-0.39, 0.29) is 17.7 Å². The third kappa shape index (κ3) is 3.53. The SMILES string of the molecule is CCN1C[C@@H](C(=O)NCCc2csc(C)n2)CC1=O. The summed E-state index contributed by atoms with van der Waals surface area (Å²) in [6.45, 7) is 5.72. The van der Waals surface area contributed by atoms with Crippen molar-refractivity contribution in [3.05, 3.63) is 16.1 Å². The van der Waals surface area contributed by atoms with Crippen LogP contribution in [0.3, 0.4) is 0 Å². The molecule has 1 aliphatic heterocycles. The maximum atomic E-state index is 11.9. The molecule has 19 heavy (non-hydrogen) atoms. The molecule has 1 fully saturated rings. The van der Waals surface area contributed by atoms with Crippen molar-refractivity contribution in [3.63, 3.8) is 0 Å². The molecule has 0 saturated carbocycles. The van der Waals surface area contributed by atoms with E-state index < -0.39 is 0 Å². The molecular weight excluding hydrogens is 262 g/mol. The molecule has 1 N–H and O–H groups in total. The predicted octanol–water partition coefficient (Wildman–Crippen LogP) is 0.979. The Balaban J connectivity index is 1.74. The van der Waals surface area contributed by atoms with E-state index in [2.05, 4.69) is 10.3 Å². The molecule has 5 nitrogen and oxygen atoms in total. The molecule has 0 bridgehead atoms. The van der Waals surface area contributed by atoms with Crippen LogP contribution in [0.25, 0.3) is 0 Å². The van der Waals surface area contributed by atoms with Crippen LogP contribution < -0.4 is 5.32 Å². The molecular formula is C13H19N3O2S. The number of hydrogen-bond donors (Lipinski definition) is 1. The lowest BCUT2D eigenvalue weighted by molar-refractivity contribution is -0.128. The Morgan fingerprint density at radius 2 is 2.42 bits per heavy atom. The van der Waals surface area contributed by atoms with Crippen LogP contribution in [0.15, 0.2) is 5.38 Å². The van der Waals surface area contributed by atoms with E-state index in [9.17, 15) is 9.59 Å². The van der Waals surface area contributed by atoms with Gasteiger partial charge in [-0.05, 0) is 13.8 Å². The third-order valence-electron chi connectivity index (χ3n) is 3.31. The predicted molar refractivity (Wildman–Crippen MR) is 73.9 cm³/mol. The van der Waals surface area contributed by atoms with E-state index >= 15 is 0 Å². The van der Waals surface area contributed by atoms with Gasteiger partial charge >= 0.3 is 0 Å². The summed E-state index contributed by atoms with van der Waals surface area (Å²) in [7, 11) is 0. The van der Waals surface area contributed by atoms with Gasteiger partial charge in [-0.2, -0.15) is 0 Å². The van der Waals surface area contributed by atoms with Crippen LogP contribution in [0.5, 0.6) is 0 Å². The van der Waals surface area contributed by atoms with Gasteiger partial charge in [0.1, 0.15) is 0 Å². The Bertz CT molecular complexity index is 472. The lowest BCUT2D eigenvalue weighted by atomic mass is 10.1. The van der Waals surface area contributed by atoms with Gasteiger partial charge in [-0.15, -0.1) is 11.3 Å². The smallest absolute Gasteiger partial charge is 0.225 e. The highest BCUT2D eigenvalue weighted by Gasteiger charge is 2.32. The van der Waals surface area contributed by atoms with Crippen molar-refractivity contribution in [1.82, 2.24) is 15.2 Å². The number of nitrogens with one attached hydrogen (secondary N) is 1. The minimum absolute atomic E-state index is 0.0174. The van der Waals surface area contributed by atoms with Gasteiger partial charge in [-0.25, -0.2) is 4.98 Å². The second kappa shape index (κ2) is 6.14. The number of likely N-dealkylation sites (tertiary alicyclic amines) is 1. The van der Waals surface area contributed by atoms with E-state index in [4.69, 9.17) is 0 Å². The second-order valence-corrected chi connectivity index (χ2v) is 5.79. The zero-order valence-corrected chi connectivity index (χ0v) is 12.1. The van der Waals surface area contributed by atoms with Gasteiger partial charge < -0.3 is 10.2 Å². The Morgan fingerprint density at radius 3 is 3.00 bits per heavy atom. The highest BCUT2D eigenvalue weighted by atomic mass is 32.1. The van der Waals surface area contributed by atoms with Crippen LogP contribution in [0.4, 0.5) is 0 Å². The molecule has 0 spiro atoms. The van der Waals surface area contributed by atoms with E-state index in [1.54, 1.807) is 16.2 Å². The first-order valence-electron chi connectivity index (χ1n) is 6.56. The summed E-state index contributed by atoms with van der Waals surface area (Å²) in [5, 5.41) is 5.95. The molecule has 0 unspecified atom stereocenters. The number of thiazole rings is 1. The molecule has 1 aromatic heterocycles. The fraction of sp³-hybridized carbons (Fsp3) is 0.615. The highest BCUT2D eigenvalue weighted by molar-refractivity contribution is 7.09. The number of rotatable bonds is 5. The molecule has 6 heteroatoms. The van der Waals surface area contributed by atoms with E-state index in [0.29, 0.717) is 26.1 Å². The number of carbonyl (C=O) groups excluding carboxylic acids is 2. The maximum absolute atomic E-state index is 11.9. The van der Waals surface area contributed by atoms with Crippen LogP contribution in [0.2, 0.25) is 0 Å². The molecule has 2 amide bonds. The van der Waals surface area contributed by atoms with Gasteiger partial charge in [0, 0.05) is 37.9 Å². The van der Waals surface area contributed by atoms with Crippen LogP contribution in [-0.2, 0) is 16.0 Å². The average molecular weight is 281 g/mol. The minimum atomic E-state index is -0.190. The molecule has 2 rings (SSSR count). The standard InChI is InChI=1S/C13H19N3O2S/c1-3-16-7-10(6-12(16)17)13(18)14-5-4-11-8-19-9(2)15-11/h8,10H,3-7H2,1-2H3,(H,14,18)/t10-/m0/s1. The lowest BCUT2D eigenvalue weighted by Gasteiger charge is -2.13. The van der Waals surface area contributed by atoms with Gasteiger partial charge in [0.15, 0.2) is 0 Å². The monoisotopic (exact) mass is 281 g/mol. The first-order chi connectivity index (χ1) is 9.10. The Hall–Kier alpha value is -1.43. The van der Waals surface area contributed by atoms with Crippen molar-refractivity contribution >= 4 is 23.2 Å². The zero-order chi connectivity index (χ0) is 13.8. The van der Waals surface area contributed by atoms with E-state index in [1.807, 2.05) is 19.2 Å². The number of carbonyl (C=O) groups is 2. The molecule has 104 valence electrons. The Morgan fingerprint density at radius 1 is 1.63 bits per heavy atom. The number of nitrogens with zero attached hydrogens (tertiary/aromatic N) is 2. The molecule has 2 heterocycles. The van der Waals surface area contributed by atoms with Crippen molar-refractivity contribution in [2.75, 3.05) is 19.6 Å². The Labute approximate surface area is 117 Å². The summed E-state index contributed by atoms with van der Waals surface area (Å²) in [5.41, 5.74) is 1.01. The number of amides is 2. The summed E-state index contributed by atoms with van der Waals surface area (Å²) in [6, 6.07) is 0. The first kappa shape index (κ1) is 14.0. The molecule has 0 aromatic carbocycles. The summed E-state index contributed by atoms with van der Waals surface area (Å²) in [5.74, 6) is -0.126. The lowest BCUT2D eigenvalue weighted by Crippen LogP contribution is -2.34. The van der Waals surface area contributed by atoms with Crippen molar-refractivity contribution in [3.8, 4) is 0 Å². The largest absolute Gasteiger partial charge is 0.355 e. The summed E-state index contributed by atoms with van der Waals surface area (Å²) < 4.78 is 0. The third-order valence-corrected chi connectivity index (χ3v) is 4.14. The van der Waals surface area contributed by atoms with Crippen LogP contribution in [0, 0.1) is 12.8 Å². The zero-order valence-electron chi connectivity index (χ0n) is 11.3. The van der Waals surface area contributed by atoms with Crippen molar-refractivity contribution in [2.45, 2.75) is 26.7 Å². The number of hydrogen-bond acceptors (Lipinski definition) is 4. The summed E-state index contributed by atoms with van der Waals surface area (Å²) in [4.78, 5) is 29.6. The Kier molecular flexibility index (Phi) is 4.52. The number of aryl methyl sites for hydroxylation is 1. The van der Waals surface area contributed by atoms with E-state index in [0.717, 1.165) is 17.1 Å². The maximum Gasteiger partial charge on any atom is 0.225 e. The number of aromatic nitrogens is 1. The molecule has 1 aliphatic rings. The summed E-state index contributed by atoms with van der Waals surface area (Å²) in [6.07, 6.45) is 1.09. The van der Waals surface area contributed by atoms with Gasteiger partial charge in [0.2, 0.25) is 11.8 Å². The molecule has 1 aromatic rings. The molecule has 1 saturated heterocycles. The van der Waals surface area contributed by atoms with Crippen LogP contribution in [0.1, 0.15) is 24.0 Å². The molecule has 1 atom stereocenters. The normalized spacial score (nSPS) is 18.9. The quantitative estimate of drug-likeness (QED) is 0.875. The van der Waals surface area contributed by atoms with Crippen LogP contribution in [-0.4, -0.2) is 41.3 Å². The second-order valence-electron chi connectivity index (χ2n) is 4.73. The molecule has 0 radical (unpaired) electrons. The minimum Gasteiger partial charge on any atom is -0.355 e. The topological polar surface area (TPSA) is 62.3 Å². The van der Waals surface area contributed by atoms with Crippen molar-refractivity contribution in [2.24, 2.45) is 5.92 Å². The van der Waals surface area contributed by atoms with Crippen LogP contribution >= 0.6 is 11.3 Å². The van der Waals surface area contributed by atoms with Gasteiger partial charge in [0.05, 0.1) is 16.6 Å².